The van der Waals surface area contributed by atoms with Crippen LogP contribution in [0.15, 0.2) is 24.3 Å². The summed E-state index contributed by atoms with van der Waals surface area (Å²) in [5.74, 6) is -0.698. The predicted molar refractivity (Wildman–Crippen MR) is 99.3 cm³/mol. The number of nitrogens with one attached hydrogen (secondary N) is 3. The fraction of sp³-hybridized carbons (Fsp3) is 0.474. The number of H-pyrrole nitrogens is 1. The Morgan fingerprint density at radius 1 is 1.20 bits per heavy atom. The summed E-state index contributed by atoms with van der Waals surface area (Å²) in [4.78, 5) is 27.3. The highest BCUT2D eigenvalue weighted by atomic mass is 16.3. The van der Waals surface area contributed by atoms with E-state index in [-0.39, 0.29) is 12.5 Å². The molecule has 1 atom stereocenters. The minimum absolute atomic E-state index is 0.0789. The van der Waals surface area contributed by atoms with Gasteiger partial charge in [-0.25, -0.2) is 0 Å². The molecule has 0 aliphatic carbocycles. The second-order valence-electron chi connectivity index (χ2n) is 6.93. The zero-order chi connectivity index (χ0) is 18.4. The molecule has 0 aliphatic rings. The summed E-state index contributed by atoms with van der Waals surface area (Å²) >= 11 is 0. The first kappa shape index (κ1) is 19.0. The SMILES string of the molecule is Cc1cc2cc(NC(=O)C(=O)NCC(CCO)CC(C)C)ccc2[nH]1. The van der Waals surface area contributed by atoms with Crippen LogP contribution in [0.5, 0.6) is 0 Å². The van der Waals surface area contributed by atoms with E-state index < -0.39 is 11.8 Å². The number of hydrogen-bond donors (Lipinski definition) is 4. The fourth-order valence-corrected chi connectivity index (χ4v) is 3.01. The number of aryl methyl sites for hydroxylation is 1. The number of benzene rings is 1. The number of carbonyl (C=O) groups is 2. The molecule has 6 heteroatoms. The largest absolute Gasteiger partial charge is 0.396 e. The molecule has 1 aromatic carbocycles. The van der Waals surface area contributed by atoms with Crippen molar-refractivity contribution in [2.24, 2.45) is 11.8 Å². The van der Waals surface area contributed by atoms with Gasteiger partial charge in [0.05, 0.1) is 0 Å². The minimum Gasteiger partial charge on any atom is -0.396 e. The van der Waals surface area contributed by atoms with Crippen LogP contribution in [0.3, 0.4) is 0 Å². The molecule has 0 bridgehead atoms. The van der Waals surface area contributed by atoms with Gasteiger partial charge in [-0.15, -0.1) is 0 Å². The standard InChI is InChI=1S/C19H27N3O3/c1-12(2)8-14(6-7-23)11-20-18(24)19(25)22-16-4-5-17-15(10-16)9-13(3)21-17/h4-5,9-10,12,14,21,23H,6-8,11H2,1-3H3,(H,20,24)(H,22,25). The fourth-order valence-electron chi connectivity index (χ4n) is 3.01. The van der Waals surface area contributed by atoms with E-state index in [2.05, 4.69) is 29.5 Å². The highest BCUT2D eigenvalue weighted by Gasteiger charge is 2.17. The minimum atomic E-state index is -0.682. The molecule has 2 aromatic rings. The van der Waals surface area contributed by atoms with Gasteiger partial charge in [0.15, 0.2) is 0 Å². The monoisotopic (exact) mass is 345 g/mol. The van der Waals surface area contributed by atoms with Gasteiger partial charge >= 0.3 is 11.8 Å². The Morgan fingerprint density at radius 2 is 1.96 bits per heavy atom. The van der Waals surface area contributed by atoms with Gasteiger partial charge in [0.2, 0.25) is 0 Å². The molecule has 25 heavy (non-hydrogen) atoms. The van der Waals surface area contributed by atoms with Crippen molar-refractivity contribution in [3.05, 3.63) is 30.0 Å². The number of aromatic amines is 1. The number of aliphatic hydroxyl groups excluding tert-OH is 1. The molecular formula is C19H27N3O3. The van der Waals surface area contributed by atoms with E-state index in [0.29, 0.717) is 24.6 Å². The van der Waals surface area contributed by atoms with Gasteiger partial charge in [0.25, 0.3) is 0 Å². The van der Waals surface area contributed by atoms with Crippen LogP contribution in [0.2, 0.25) is 0 Å². The van der Waals surface area contributed by atoms with Crippen molar-refractivity contribution in [2.75, 3.05) is 18.5 Å². The zero-order valence-electron chi connectivity index (χ0n) is 15.1. The Morgan fingerprint density at radius 3 is 2.64 bits per heavy atom. The van der Waals surface area contributed by atoms with Crippen LogP contribution in [0.25, 0.3) is 10.9 Å². The first-order valence-electron chi connectivity index (χ1n) is 8.68. The van der Waals surface area contributed by atoms with Gasteiger partial charge in [-0.2, -0.15) is 0 Å². The highest BCUT2D eigenvalue weighted by molar-refractivity contribution is 6.39. The quantitative estimate of drug-likeness (QED) is 0.581. The third-order valence-electron chi connectivity index (χ3n) is 4.11. The number of aromatic nitrogens is 1. The van der Waals surface area contributed by atoms with Gasteiger partial charge in [0, 0.05) is 35.4 Å². The molecule has 0 saturated heterocycles. The molecular weight excluding hydrogens is 318 g/mol. The summed E-state index contributed by atoms with van der Waals surface area (Å²) in [6, 6.07) is 7.44. The first-order valence-corrected chi connectivity index (χ1v) is 8.68. The van der Waals surface area contributed by atoms with Gasteiger partial charge < -0.3 is 20.7 Å². The number of hydrogen-bond acceptors (Lipinski definition) is 3. The van der Waals surface area contributed by atoms with E-state index in [1.165, 1.54) is 0 Å². The topological polar surface area (TPSA) is 94.2 Å². The third-order valence-corrected chi connectivity index (χ3v) is 4.11. The van der Waals surface area contributed by atoms with Crippen molar-refractivity contribution in [3.63, 3.8) is 0 Å². The smallest absolute Gasteiger partial charge is 0.313 e. The molecule has 1 aromatic heterocycles. The lowest BCUT2D eigenvalue weighted by atomic mass is 9.94. The summed E-state index contributed by atoms with van der Waals surface area (Å²) in [6.45, 7) is 6.62. The molecule has 1 unspecified atom stereocenters. The van der Waals surface area contributed by atoms with E-state index in [0.717, 1.165) is 23.0 Å². The van der Waals surface area contributed by atoms with Crippen molar-refractivity contribution in [3.8, 4) is 0 Å². The molecule has 0 saturated carbocycles. The van der Waals surface area contributed by atoms with E-state index >= 15 is 0 Å². The Bertz CT molecular complexity index is 737. The van der Waals surface area contributed by atoms with Crippen molar-refractivity contribution in [1.82, 2.24) is 10.3 Å². The van der Waals surface area contributed by atoms with Crippen molar-refractivity contribution < 1.29 is 14.7 Å². The maximum Gasteiger partial charge on any atom is 0.313 e. The lowest BCUT2D eigenvalue weighted by molar-refractivity contribution is -0.136. The number of carbonyl (C=O) groups excluding carboxylic acids is 2. The summed E-state index contributed by atoms with van der Waals surface area (Å²) < 4.78 is 0. The predicted octanol–water partition coefficient (Wildman–Crippen LogP) is 2.58. The molecule has 0 aliphatic heterocycles. The Balaban J connectivity index is 1.91. The summed E-state index contributed by atoms with van der Waals surface area (Å²) in [6.07, 6.45) is 1.51. The van der Waals surface area contributed by atoms with Gasteiger partial charge in [-0.1, -0.05) is 13.8 Å². The maximum atomic E-state index is 12.1. The molecule has 0 spiro atoms. The summed E-state index contributed by atoms with van der Waals surface area (Å²) in [5, 5.41) is 15.4. The van der Waals surface area contributed by atoms with Crippen LogP contribution < -0.4 is 10.6 Å². The van der Waals surface area contributed by atoms with E-state index in [9.17, 15) is 9.59 Å². The molecule has 1 heterocycles. The number of aliphatic hydroxyl groups is 1. The lowest BCUT2D eigenvalue weighted by Gasteiger charge is -2.18. The van der Waals surface area contributed by atoms with Crippen molar-refractivity contribution in [2.45, 2.75) is 33.6 Å². The second-order valence-corrected chi connectivity index (χ2v) is 6.93. The van der Waals surface area contributed by atoms with E-state index in [1.54, 1.807) is 6.07 Å². The molecule has 136 valence electrons. The third kappa shape index (κ3) is 5.60. The molecule has 0 fully saturated rings. The van der Waals surface area contributed by atoms with E-state index in [4.69, 9.17) is 5.11 Å². The van der Waals surface area contributed by atoms with Crippen molar-refractivity contribution in [1.29, 1.82) is 0 Å². The summed E-state index contributed by atoms with van der Waals surface area (Å²) in [5.41, 5.74) is 2.61. The Kier molecular flexibility index (Phi) is 6.58. The number of rotatable bonds is 7. The number of amides is 2. The average molecular weight is 345 g/mol. The van der Waals surface area contributed by atoms with Crippen LogP contribution in [-0.2, 0) is 9.59 Å². The van der Waals surface area contributed by atoms with Crippen LogP contribution in [0.1, 0.15) is 32.4 Å². The van der Waals surface area contributed by atoms with Gasteiger partial charge in [-0.3, -0.25) is 9.59 Å². The summed E-state index contributed by atoms with van der Waals surface area (Å²) in [7, 11) is 0. The molecule has 6 nitrogen and oxygen atoms in total. The number of fused-ring (bicyclic) bond motifs is 1. The maximum absolute atomic E-state index is 12.1. The number of anilines is 1. The van der Waals surface area contributed by atoms with Crippen LogP contribution in [0, 0.1) is 18.8 Å². The van der Waals surface area contributed by atoms with E-state index in [1.807, 2.05) is 25.1 Å². The van der Waals surface area contributed by atoms with Crippen LogP contribution >= 0.6 is 0 Å². The molecule has 2 amide bonds. The normalized spacial score (nSPS) is 12.4. The molecule has 0 radical (unpaired) electrons. The zero-order valence-corrected chi connectivity index (χ0v) is 15.1. The first-order chi connectivity index (χ1) is 11.9. The Labute approximate surface area is 148 Å². The second kappa shape index (κ2) is 8.67. The molecule has 4 N–H and O–H groups in total. The van der Waals surface area contributed by atoms with Crippen LogP contribution in [-0.4, -0.2) is 35.1 Å². The van der Waals surface area contributed by atoms with Crippen LogP contribution in [0.4, 0.5) is 5.69 Å². The van der Waals surface area contributed by atoms with Gasteiger partial charge in [0.1, 0.15) is 0 Å². The van der Waals surface area contributed by atoms with Gasteiger partial charge in [-0.05, 0) is 55.9 Å². The van der Waals surface area contributed by atoms with Crippen molar-refractivity contribution >= 4 is 28.4 Å². The lowest BCUT2D eigenvalue weighted by Crippen LogP contribution is -2.38. The highest BCUT2D eigenvalue weighted by Crippen LogP contribution is 2.19. The Hall–Kier alpha value is -2.34. The average Bonchev–Trinajstić information content (AvgIpc) is 2.91. The molecule has 2 rings (SSSR count).